The summed E-state index contributed by atoms with van der Waals surface area (Å²) >= 11 is 3.14. The van der Waals surface area contributed by atoms with E-state index < -0.39 is 11.6 Å². The van der Waals surface area contributed by atoms with Crippen LogP contribution in [-0.4, -0.2) is 4.98 Å². The molecule has 0 spiro atoms. The van der Waals surface area contributed by atoms with Crippen molar-refractivity contribution < 1.29 is 13.5 Å². The first kappa shape index (κ1) is 13.0. The number of hydrogen-bond donors (Lipinski definition) is 0. The van der Waals surface area contributed by atoms with E-state index >= 15 is 0 Å². The fourth-order valence-corrected chi connectivity index (χ4v) is 1.79. The molecule has 2 rings (SSSR count). The number of pyridine rings is 1. The number of halogens is 3. The molecule has 1 aromatic carbocycles. The molecular formula is C13H10BrF2NO. The van der Waals surface area contributed by atoms with Crippen molar-refractivity contribution in [1.82, 2.24) is 4.98 Å². The number of benzene rings is 1. The van der Waals surface area contributed by atoms with Gasteiger partial charge in [-0.25, -0.2) is 8.78 Å². The van der Waals surface area contributed by atoms with Crippen LogP contribution in [0.3, 0.4) is 0 Å². The fraction of sp³-hybridized carbons (Fsp3) is 0.154. The van der Waals surface area contributed by atoms with Crippen LogP contribution in [0.5, 0.6) is 5.75 Å². The van der Waals surface area contributed by atoms with Crippen molar-refractivity contribution >= 4 is 15.9 Å². The third kappa shape index (κ3) is 3.04. The maximum absolute atomic E-state index is 13.6. The Hall–Kier alpha value is -1.49. The van der Waals surface area contributed by atoms with Gasteiger partial charge in [-0.05, 0) is 35.4 Å². The predicted molar refractivity (Wildman–Crippen MR) is 67.6 cm³/mol. The van der Waals surface area contributed by atoms with Crippen LogP contribution in [0, 0.1) is 11.6 Å². The standard InChI is InChI=1S/C13H10BrF2NO/c14-7-10-5-11(15)13(12(16)6-10)18-8-9-1-3-17-4-2-9/h1-6H,7-8H2. The van der Waals surface area contributed by atoms with Gasteiger partial charge in [0.15, 0.2) is 17.4 Å². The van der Waals surface area contributed by atoms with Gasteiger partial charge in [0.25, 0.3) is 0 Å². The lowest BCUT2D eigenvalue weighted by molar-refractivity contribution is 0.274. The second-order valence-electron chi connectivity index (χ2n) is 3.67. The minimum atomic E-state index is -0.696. The molecule has 0 atom stereocenters. The van der Waals surface area contributed by atoms with Crippen LogP contribution in [0.4, 0.5) is 8.78 Å². The average Bonchev–Trinajstić information content (AvgIpc) is 2.38. The molecule has 0 fully saturated rings. The largest absolute Gasteiger partial charge is 0.483 e. The fourth-order valence-electron chi connectivity index (χ4n) is 1.46. The molecule has 5 heteroatoms. The van der Waals surface area contributed by atoms with Gasteiger partial charge in [0, 0.05) is 17.7 Å². The van der Waals surface area contributed by atoms with E-state index in [1.165, 1.54) is 12.1 Å². The first-order valence-corrected chi connectivity index (χ1v) is 6.38. The van der Waals surface area contributed by atoms with Gasteiger partial charge in [0.2, 0.25) is 0 Å². The summed E-state index contributed by atoms with van der Waals surface area (Å²) in [5.41, 5.74) is 1.33. The molecule has 18 heavy (non-hydrogen) atoms. The van der Waals surface area contributed by atoms with Gasteiger partial charge in [-0.1, -0.05) is 15.9 Å². The average molecular weight is 314 g/mol. The van der Waals surface area contributed by atoms with Crippen LogP contribution < -0.4 is 4.74 Å². The van der Waals surface area contributed by atoms with E-state index in [1.54, 1.807) is 24.5 Å². The molecule has 0 saturated heterocycles. The van der Waals surface area contributed by atoms with E-state index in [2.05, 4.69) is 20.9 Å². The number of alkyl halides is 1. The van der Waals surface area contributed by atoms with Crippen molar-refractivity contribution in [3.05, 3.63) is 59.4 Å². The minimum absolute atomic E-state index is 0.101. The van der Waals surface area contributed by atoms with E-state index in [1.807, 2.05) is 0 Å². The second kappa shape index (κ2) is 5.91. The molecule has 0 aliphatic carbocycles. The van der Waals surface area contributed by atoms with Gasteiger partial charge < -0.3 is 4.74 Å². The highest BCUT2D eigenvalue weighted by molar-refractivity contribution is 9.08. The molecule has 0 radical (unpaired) electrons. The van der Waals surface area contributed by atoms with Crippen molar-refractivity contribution in [2.45, 2.75) is 11.9 Å². The Morgan fingerprint density at radius 1 is 1.06 bits per heavy atom. The Morgan fingerprint density at radius 3 is 2.22 bits per heavy atom. The molecular weight excluding hydrogens is 304 g/mol. The second-order valence-corrected chi connectivity index (χ2v) is 4.23. The summed E-state index contributed by atoms with van der Waals surface area (Å²) < 4.78 is 32.4. The summed E-state index contributed by atoms with van der Waals surface area (Å²) in [5.74, 6) is -1.74. The number of hydrogen-bond acceptors (Lipinski definition) is 2. The van der Waals surface area contributed by atoms with Crippen molar-refractivity contribution in [3.8, 4) is 5.75 Å². The van der Waals surface area contributed by atoms with Crippen LogP contribution in [0.15, 0.2) is 36.7 Å². The van der Waals surface area contributed by atoms with Crippen LogP contribution >= 0.6 is 15.9 Å². The molecule has 0 bridgehead atoms. The summed E-state index contributed by atoms with van der Waals surface area (Å²) in [4.78, 5) is 3.85. The lowest BCUT2D eigenvalue weighted by atomic mass is 10.2. The number of nitrogens with zero attached hydrogens (tertiary/aromatic N) is 1. The highest BCUT2D eigenvalue weighted by Gasteiger charge is 2.12. The zero-order valence-corrected chi connectivity index (χ0v) is 11.0. The summed E-state index contributed by atoms with van der Waals surface area (Å²) in [6.45, 7) is 0.101. The third-order valence-electron chi connectivity index (χ3n) is 2.34. The quantitative estimate of drug-likeness (QED) is 0.800. The molecule has 94 valence electrons. The van der Waals surface area contributed by atoms with Crippen LogP contribution in [0.1, 0.15) is 11.1 Å². The summed E-state index contributed by atoms with van der Waals surface area (Å²) in [6.07, 6.45) is 3.19. The van der Waals surface area contributed by atoms with Crippen molar-refractivity contribution in [3.63, 3.8) is 0 Å². The zero-order chi connectivity index (χ0) is 13.0. The van der Waals surface area contributed by atoms with E-state index in [9.17, 15) is 8.78 Å². The predicted octanol–water partition coefficient (Wildman–Crippen LogP) is 3.83. The van der Waals surface area contributed by atoms with Crippen molar-refractivity contribution in [2.75, 3.05) is 0 Å². The number of ether oxygens (including phenoxy) is 1. The molecule has 1 heterocycles. The molecule has 1 aromatic heterocycles. The van der Waals surface area contributed by atoms with Crippen LogP contribution in [-0.2, 0) is 11.9 Å². The van der Waals surface area contributed by atoms with Gasteiger partial charge >= 0.3 is 0 Å². The van der Waals surface area contributed by atoms with Gasteiger partial charge in [0.05, 0.1) is 0 Å². The Labute approximate surface area is 112 Å². The topological polar surface area (TPSA) is 22.1 Å². The Morgan fingerprint density at radius 2 is 1.67 bits per heavy atom. The van der Waals surface area contributed by atoms with E-state index in [0.29, 0.717) is 10.9 Å². The lowest BCUT2D eigenvalue weighted by Gasteiger charge is -2.09. The van der Waals surface area contributed by atoms with Crippen LogP contribution in [0.2, 0.25) is 0 Å². The molecule has 0 N–H and O–H groups in total. The van der Waals surface area contributed by atoms with Crippen molar-refractivity contribution in [1.29, 1.82) is 0 Å². The Bertz CT molecular complexity index is 511. The first-order valence-electron chi connectivity index (χ1n) is 5.26. The molecule has 0 aliphatic rings. The van der Waals surface area contributed by atoms with Gasteiger partial charge in [-0.2, -0.15) is 0 Å². The van der Waals surface area contributed by atoms with E-state index in [0.717, 1.165) is 5.56 Å². The van der Waals surface area contributed by atoms with Gasteiger partial charge in [-0.3, -0.25) is 4.98 Å². The SMILES string of the molecule is Fc1cc(CBr)cc(F)c1OCc1ccncc1. The van der Waals surface area contributed by atoms with E-state index in [-0.39, 0.29) is 12.4 Å². The minimum Gasteiger partial charge on any atom is -0.483 e. The van der Waals surface area contributed by atoms with Gasteiger partial charge in [-0.15, -0.1) is 0 Å². The monoisotopic (exact) mass is 313 g/mol. The van der Waals surface area contributed by atoms with Gasteiger partial charge in [0.1, 0.15) is 6.61 Å². The Kier molecular flexibility index (Phi) is 4.25. The number of aromatic nitrogens is 1. The molecule has 2 nitrogen and oxygen atoms in total. The normalized spacial score (nSPS) is 10.4. The smallest absolute Gasteiger partial charge is 0.191 e. The summed E-state index contributed by atoms with van der Waals surface area (Å²) in [5, 5.41) is 0.394. The number of rotatable bonds is 4. The summed E-state index contributed by atoms with van der Waals surface area (Å²) in [7, 11) is 0. The maximum atomic E-state index is 13.6. The lowest BCUT2D eigenvalue weighted by Crippen LogP contribution is -2.01. The first-order chi connectivity index (χ1) is 8.70. The molecule has 0 unspecified atom stereocenters. The zero-order valence-electron chi connectivity index (χ0n) is 9.37. The molecule has 0 amide bonds. The molecule has 2 aromatic rings. The summed E-state index contributed by atoms with van der Waals surface area (Å²) in [6, 6.07) is 5.95. The highest BCUT2D eigenvalue weighted by Crippen LogP contribution is 2.25. The maximum Gasteiger partial charge on any atom is 0.191 e. The van der Waals surface area contributed by atoms with Crippen molar-refractivity contribution in [2.24, 2.45) is 0 Å². The van der Waals surface area contributed by atoms with Crippen LogP contribution in [0.25, 0.3) is 0 Å². The highest BCUT2D eigenvalue weighted by atomic mass is 79.9. The molecule has 0 saturated carbocycles. The van der Waals surface area contributed by atoms with E-state index in [4.69, 9.17) is 4.74 Å². The molecule has 0 aliphatic heterocycles. The third-order valence-corrected chi connectivity index (χ3v) is 2.99. The Balaban J connectivity index is 2.15.